The quantitative estimate of drug-likeness (QED) is 0.588. The number of carbonyl (C=O) groups is 1. The fourth-order valence-corrected chi connectivity index (χ4v) is 3.44. The molecule has 0 aromatic carbocycles. The van der Waals surface area contributed by atoms with E-state index in [-0.39, 0.29) is 5.91 Å². The van der Waals surface area contributed by atoms with Crippen molar-refractivity contribution < 1.29 is 4.79 Å². The predicted molar refractivity (Wildman–Crippen MR) is 104 cm³/mol. The summed E-state index contributed by atoms with van der Waals surface area (Å²) >= 11 is 0. The van der Waals surface area contributed by atoms with Crippen LogP contribution in [0.25, 0.3) is 11.2 Å². The number of anilines is 2. The molecule has 5 heterocycles. The summed E-state index contributed by atoms with van der Waals surface area (Å²) in [6, 6.07) is 7.61. The monoisotopic (exact) mass is 374 g/mol. The summed E-state index contributed by atoms with van der Waals surface area (Å²) in [6.45, 7) is 2.10. The topological polar surface area (TPSA) is 93.2 Å². The smallest absolute Gasteiger partial charge is 0.260 e. The minimum atomic E-state index is -0.241. The fraction of sp³-hybridized carbons (Fsp3) is 0.211. The van der Waals surface area contributed by atoms with Crippen LogP contribution in [0.2, 0.25) is 0 Å². The van der Waals surface area contributed by atoms with Gasteiger partial charge < -0.3 is 10.2 Å². The maximum Gasteiger partial charge on any atom is 0.260 e. The van der Waals surface area contributed by atoms with Crippen molar-refractivity contribution in [3.63, 3.8) is 0 Å². The third-order valence-corrected chi connectivity index (χ3v) is 4.89. The van der Waals surface area contributed by atoms with E-state index < -0.39 is 0 Å². The summed E-state index contributed by atoms with van der Waals surface area (Å²) in [5, 5.41) is 11.2. The van der Waals surface area contributed by atoms with Gasteiger partial charge in [-0.2, -0.15) is 10.2 Å². The van der Waals surface area contributed by atoms with E-state index in [0.717, 1.165) is 30.0 Å². The molecular formula is C19H18N8O. The van der Waals surface area contributed by atoms with Crippen molar-refractivity contribution in [1.82, 2.24) is 29.4 Å². The largest absolute Gasteiger partial charge is 0.371 e. The normalized spacial score (nSPS) is 13.9. The molecule has 5 rings (SSSR count). The first-order valence-corrected chi connectivity index (χ1v) is 9.13. The zero-order valence-corrected chi connectivity index (χ0v) is 15.1. The third kappa shape index (κ3) is 2.96. The van der Waals surface area contributed by atoms with E-state index in [1.807, 2.05) is 24.4 Å². The van der Waals surface area contributed by atoms with Crippen molar-refractivity contribution in [3.05, 3.63) is 61.1 Å². The first-order valence-electron chi connectivity index (χ1n) is 9.13. The molecule has 0 unspecified atom stereocenters. The SMILES string of the molecule is O=C(Nc1ccc(-n2cncn2)cn1)c1cnn2ccc(N3CCCC3)cc12. The Bertz CT molecular complexity index is 1110. The van der Waals surface area contributed by atoms with E-state index in [4.69, 9.17) is 0 Å². The van der Waals surface area contributed by atoms with Crippen LogP contribution in [0.1, 0.15) is 23.2 Å². The summed E-state index contributed by atoms with van der Waals surface area (Å²) in [6.07, 6.45) is 10.6. The summed E-state index contributed by atoms with van der Waals surface area (Å²) in [4.78, 5) is 23.3. The van der Waals surface area contributed by atoms with Crippen LogP contribution in [-0.4, -0.2) is 48.4 Å². The van der Waals surface area contributed by atoms with Crippen LogP contribution in [0, 0.1) is 0 Å². The molecule has 140 valence electrons. The molecule has 0 atom stereocenters. The molecule has 9 heteroatoms. The van der Waals surface area contributed by atoms with Crippen LogP contribution in [0.3, 0.4) is 0 Å². The van der Waals surface area contributed by atoms with Crippen LogP contribution in [0.4, 0.5) is 11.5 Å². The van der Waals surface area contributed by atoms with Gasteiger partial charge in [-0.15, -0.1) is 0 Å². The molecule has 0 saturated carbocycles. The fourth-order valence-electron chi connectivity index (χ4n) is 3.44. The first kappa shape index (κ1) is 16.4. The highest BCUT2D eigenvalue weighted by Gasteiger charge is 2.17. The second-order valence-electron chi connectivity index (χ2n) is 6.66. The molecule has 4 aromatic rings. The number of rotatable bonds is 4. The Labute approximate surface area is 160 Å². The highest BCUT2D eigenvalue weighted by Crippen LogP contribution is 2.23. The summed E-state index contributed by atoms with van der Waals surface area (Å²) in [7, 11) is 0. The van der Waals surface area contributed by atoms with Gasteiger partial charge in [0.25, 0.3) is 5.91 Å². The van der Waals surface area contributed by atoms with E-state index >= 15 is 0 Å². The summed E-state index contributed by atoms with van der Waals surface area (Å²) in [5.74, 6) is 0.221. The first-order chi connectivity index (χ1) is 13.8. The highest BCUT2D eigenvalue weighted by atomic mass is 16.1. The summed E-state index contributed by atoms with van der Waals surface area (Å²) < 4.78 is 3.32. The van der Waals surface area contributed by atoms with Crippen molar-refractivity contribution in [1.29, 1.82) is 0 Å². The van der Waals surface area contributed by atoms with Crippen LogP contribution in [-0.2, 0) is 0 Å². The molecule has 1 saturated heterocycles. The van der Waals surface area contributed by atoms with Gasteiger partial charge in [0.2, 0.25) is 0 Å². The Balaban J connectivity index is 1.38. The number of nitrogens with zero attached hydrogens (tertiary/aromatic N) is 7. The molecule has 9 nitrogen and oxygen atoms in total. The maximum absolute atomic E-state index is 12.8. The maximum atomic E-state index is 12.8. The molecule has 1 fully saturated rings. The lowest BCUT2D eigenvalue weighted by atomic mass is 10.2. The van der Waals surface area contributed by atoms with Gasteiger partial charge in [0, 0.05) is 25.0 Å². The van der Waals surface area contributed by atoms with Crippen LogP contribution >= 0.6 is 0 Å². The number of nitrogens with one attached hydrogen (secondary N) is 1. The van der Waals surface area contributed by atoms with Crippen LogP contribution in [0.5, 0.6) is 0 Å². The number of fused-ring (bicyclic) bond motifs is 1. The van der Waals surface area contributed by atoms with Gasteiger partial charge in [0.1, 0.15) is 18.5 Å². The molecule has 0 radical (unpaired) electrons. The van der Waals surface area contributed by atoms with Crippen molar-refractivity contribution in [2.75, 3.05) is 23.3 Å². The van der Waals surface area contributed by atoms with Crippen LogP contribution in [0.15, 0.2) is 55.5 Å². The van der Waals surface area contributed by atoms with Gasteiger partial charge in [-0.25, -0.2) is 19.2 Å². The Hall–Kier alpha value is -3.75. The lowest BCUT2D eigenvalue weighted by molar-refractivity contribution is 0.102. The number of carbonyl (C=O) groups excluding carboxylic acids is 1. The minimum Gasteiger partial charge on any atom is -0.371 e. The molecule has 0 spiro atoms. The van der Waals surface area contributed by atoms with E-state index in [9.17, 15) is 4.79 Å². The van der Waals surface area contributed by atoms with E-state index in [1.54, 1.807) is 34.0 Å². The molecule has 1 amide bonds. The van der Waals surface area contributed by atoms with Crippen LogP contribution < -0.4 is 10.2 Å². The van der Waals surface area contributed by atoms with Gasteiger partial charge in [-0.1, -0.05) is 0 Å². The van der Waals surface area contributed by atoms with E-state index in [2.05, 4.69) is 30.4 Å². The van der Waals surface area contributed by atoms with Gasteiger partial charge >= 0.3 is 0 Å². The molecule has 28 heavy (non-hydrogen) atoms. The van der Waals surface area contributed by atoms with Crippen molar-refractivity contribution >= 4 is 22.9 Å². The lowest BCUT2D eigenvalue weighted by Crippen LogP contribution is -2.18. The van der Waals surface area contributed by atoms with Crippen molar-refractivity contribution in [2.24, 2.45) is 0 Å². The third-order valence-electron chi connectivity index (χ3n) is 4.89. The molecule has 1 aliphatic heterocycles. The molecule has 4 aromatic heterocycles. The van der Waals surface area contributed by atoms with Gasteiger partial charge in [0.05, 0.1) is 29.2 Å². The zero-order valence-electron chi connectivity index (χ0n) is 15.1. The highest BCUT2D eigenvalue weighted by molar-refractivity contribution is 6.08. The Morgan fingerprint density at radius 2 is 1.93 bits per heavy atom. The Morgan fingerprint density at radius 3 is 2.68 bits per heavy atom. The number of aromatic nitrogens is 6. The molecule has 1 aliphatic rings. The Morgan fingerprint density at radius 1 is 1.04 bits per heavy atom. The second kappa shape index (κ2) is 6.76. The average molecular weight is 374 g/mol. The molecule has 0 aliphatic carbocycles. The number of pyridine rings is 2. The van der Waals surface area contributed by atoms with Gasteiger partial charge in [-0.3, -0.25) is 4.79 Å². The van der Waals surface area contributed by atoms with Crippen molar-refractivity contribution in [3.8, 4) is 5.69 Å². The minimum absolute atomic E-state index is 0.241. The number of amides is 1. The van der Waals surface area contributed by atoms with Gasteiger partial charge in [-0.05, 0) is 37.1 Å². The molecule has 0 bridgehead atoms. The number of hydrogen-bond donors (Lipinski definition) is 1. The number of hydrogen-bond acceptors (Lipinski definition) is 6. The van der Waals surface area contributed by atoms with Crippen molar-refractivity contribution in [2.45, 2.75) is 12.8 Å². The predicted octanol–water partition coefficient (Wildman–Crippen LogP) is 2.16. The van der Waals surface area contributed by atoms with Gasteiger partial charge in [0.15, 0.2) is 0 Å². The Kier molecular flexibility index (Phi) is 3.97. The average Bonchev–Trinajstić information content (AvgIpc) is 3.49. The summed E-state index contributed by atoms with van der Waals surface area (Å²) in [5.41, 5.74) is 3.18. The zero-order chi connectivity index (χ0) is 18.9. The lowest BCUT2D eigenvalue weighted by Gasteiger charge is -2.17. The molecular weight excluding hydrogens is 356 g/mol. The van der Waals surface area contributed by atoms with E-state index in [0.29, 0.717) is 11.4 Å². The second-order valence-corrected chi connectivity index (χ2v) is 6.66. The standard InChI is InChI=1S/C19H18N8O/c28-19(24-18-4-3-15(10-21-18)27-13-20-12-23-27)16-11-22-26-8-5-14(9-17(16)26)25-6-1-2-7-25/h3-5,8-13H,1-2,6-7H2,(H,21,24,28). The van der Waals surface area contributed by atoms with E-state index in [1.165, 1.54) is 19.2 Å². The molecule has 1 N–H and O–H groups in total.